The fourth-order valence-electron chi connectivity index (χ4n) is 1.64. The van der Waals surface area contributed by atoms with Gasteiger partial charge in [-0.15, -0.1) is 0 Å². The third kappa shape index (κ3) is 3.58. The van der Waals surface area contributed by atoms with Crippen LogP contribution in [0.25, 0.3) is 0 Å². The number of hydrogen-bond acceptors (Lipinski definition) is 1. The lowest BCUT2D eigenvalue weighted by atomic mass is 10.0. The average Bonchev–Trinajstić information content (AvgIpc) is 2.28. The third-order valence-corrected chi connectivity index (χ3v) is 3.23. The zero-order chi connectivity index (χ0) is 11.3. The molecule has 1 nitrogen and oxygen atoms in total. The molecule has 0 saturated carbocycles. The number of anilines is 1. The molecule has 1 aromatic rings. The smallest absolute Gasteiger partial charge is 0.0345 e. The Labute approximate surface area is 93.9 Å². The van der Waals surface area contributed by atoms with E-state index in [1.54, 1.807) is 0 Å². The molecule has 1 aromatic carbocycles. The Hall–Kier alpha value is -0.980. The molecule has 84 valence electrons. The average molecular weight is 205 g/mol. The summed E-state index contributed by atoms with van der Waals surface area (Å²) in [5.74, 6) is 0.718. The van der Waals surface area contributed by atoms with Gasteiger partial charge in [-0.3, -0.25) is 0 Å². The summed E-state index contributed by atoms with van der Waals surface area (Å²) < 4.78 is 0. The van der Waals surface area contributed by atoms with E-state index in [9.17, 15) is 0 Å². The number of hydrogen-bond donors (Lipinski definition) is 1. The summed E-state index contributed by atoms with van der Waals surface area (Å²) in [6.45, 7) is 8.98. The van der Waals surface area contributed by atoms with Gasteiger partial charge in [-0.05, 0) is 37.0 Å². The quantitative estimate of drug-likeness (QED) is 0.763. The minimum Gasteiger partial charge on any atom is -0.382 e. The van der Waals surface area contributed by atoms with Crippen molar-refractivity contribution in [3.05, 3.63) is 29.8 Å². The molecule has 2 unspecified atom stereocenters. The maximum atomic E-state index is 3.57. The highest BCUT2D eigenvalue weighted by atomic mass is 14.9. The van der Waals surface area contributed by atoms with Crippen molar-refractivity contribution in [1.82, 2.24) is 0 Å². The van der Waals surface area contributed by atoms with E-state index in [1.807, 2.05) is 0 Å². The molecule has 15 heavy (non-hydrogen) atoms. The highest BCUT2D eigenvalue weighted by Gasteiger charge is 2.09. The van der Waals surface area contributed by atoms with Crippen molar-refractivity contribution < 1.29 is 0 Å². The van der Waals surface area contributed by atoms with Gasteiger partial charge in [-0.1, -0.05) is 39.3 Å². The van der Waals surface area contributed by atoms with Gasteiger partial charge in [-0.2, -0.15) is 0 Å². The highest BCUT2D eigenvalue weighted by molar-refractivity contribution is 5.46. The van der Waals surface area contributed by atoms with E-state index in [-0.39, 0.29) is 0 Å². The van der Waals surface area contributed by atoms with Crippen LogP contribution >= 0.6 is 0 Å². The summed E-state index contributed by atoms with van der Waals surface area (Å²) >= 11 is 0. The molecule has 1 N–H and O–H groups in total. The Kier molecular flexibility index (Phi) is 4.67. The molecule has 0 aliphatic rings. The van der Waals surface area contributed by atoms with Crippen LogP contribution in [-0.2, 0) is 6.42 Å². The van der Waals surface area contributed by atoms with Crippen LogP contribution in [0.1, 0.15) is 39.7 Å². The van der Waals surface area contributed by atoms with Gasteiger partial charge in [0.05, 0.1) is 0 Å². The highest BCUT2D eigenvalue weighted by Crippen LogP contribution is 2.16. The second kappa shape index (κ2) is 5.79. The first-order valence-electron chi connectivity index (χ1n) is 6.02. The molecule has 1 rings (SSSR count). The molecule has 0 amide bonds. The lowest BCUT2D eigenvalue weighted by Gasteiger charge is -2.21. The van der Waals surface area contributed by atoms with Crippen LogP contribution in [0.3, 0.4) is 0 Å². The van der Waals surface area contributed by atoms with Crippen LogP contribution in [-0.4, -0.2) is 6.04 Å². The van der Waals surface area contributed by atoms with Crippen molar-refractivity contribution in [1.29, 1.82) is 0 Å². The molecule has 0 heterocycles. The molecule has 0 aliphatic heterocycles. The van der Waals surface area contributed by atoms with Crippen molar-refractivity contribution in [2.45, 2.75) is 46.6 Å². The Morgan fingerprint density at radius 1 is 1.20 bits per heavy atom. The monoisotopic (exact) mass is 205 g/mol. The van der Waals surface area contributed by atoms with Gasteiger partial charge in [0.15, 0.2) is 0 Å². The minimum atomic E-state index is 0.544. The van der Waals surface area contributed by atoms with Crippen LogP contribution in [0.5, 0.6) is 0 Å². The van der Waals surface area contributed by atoms with E-state index in [4.69, 9.17) is 0 Å². The topological polar surface area (TPSA) is 12.0 Å². The van der Waals surface area contributed by atoms with E-state index >= 15 is 0 Å². The molecule has 0 aromatic heterocycles. The Morgan fingerprint density at radius 3 is 2.53 bits per heavy atom. The van der Waals surface area contributed by atoms with E-state index in [1.165, 1.54) is 17.7 Å². The zero-order valence-electron chi connectivity index (χ0n) is 10.4. The number of aryl methyl sites for hydroxylation is 1. The Morgan fingerprint density at radius 2 is 1.93 bits per heavy atom. The summed E-state index contributed by atoms with van der Waals surface area (Å²) in [6.07, 6.45) is 2.33. The van der Waals surface area contributed by atoms with Gasteiger partial charge >= 0.3 is 0 Å². The van der Waals surface area contributed by atoms with Gasteiger partial charge in [0.25, 0.3) is 0 Å². The van der Waals surface area contributed by atoms with Gasteiger partial charge in [-0.25, -0.2) is 0 Å². The van der Waals surface area contributed by atoms with Crippen molar-refractivity contribution in [2.24, 2.45) is 5.92 Å². The second-order valence-corrected chi connectivity index (χ2v) is 4.37. The van der Waals surface area contributed by atoms with Crippen molar-refractivity contribution in [3.8, 4) is 0 Å². The molecule has 0 spiro atoms. The van der Waals surface area contributed by atoms with Gasteiger partial charge in [0.1, 0.15) is 0 Å². The van der Waals surface area contributed by atoms with E-state index in [0.717, 1.165) is 12.3 Å². The maximum Gasteiger partial charge on any atom is 0.0345 e. The lowest BCUT2D eigenvalue weighted by Crippen LogP contribution is -2.23. The predicted molar refractivity (Wildman–Crippen MR) is 68.4 cm³/mol. The number of nitrogens with one attached hydrogen (secondary N) is 1. The van der Waals surface area contributed by atoms with E-state index in [2.05, 4.69) is 57.3 Å². The van der Waals surface area contributed by atoms with Crippen molar-refractivity contribution in [3.63, 3.8) is 0 Å². The molecular formula is C14H23N. The second-order valence-electron chi connectivity index (χ2n) is 4.37. The molecule has 0 bridgehead atoms. The summed E-state index contributed by atoms with van der Waals surface area (Å²) in [6, 6.07) is 9.25. The molecule has 0 aliphatic carbocycles. The first-order chi connectivity index (χ1) is 7.17. The summed E-state index contributed by atoms with van der Waals surface area (Å²) in [5, 5.41) is 3.57. The Balaban J connectivity index is 2.63. The number of rotatable bonds is 5. The van der Waals surface area contributed by atoms with Crippen molar-refractivity contribution in [2.75, 3.05) is 5.32 Å². The first kappa shape index (κ1) is 12.1. The molecule has 0 saturated heterocycles. The van der Waals surface area contributed by atoms with E-state index in [0.29, 0.717) is 6.04 Å². The van der Waals surface area contributed by atoms with Crippen LogP contribution < -0.4 is 5.32 Å². The van der Waals surface area contributed by atoms with Crippen molar-refractivity contribution >= 4 is 5.69 Å². The van der Waals surface area contributed by atoms with E-state index < -0.39 is 0 Å². The molecular weight excluding hydrogens is 182 g/mol. The van der Waals surface area contributed by atoms with Crippen LogP contribution in [0, 0.1) is 5.92 Å². The summed E-state index contributed by atoms with van der Waals surface area (Å²) in [5.41, 5.74) is 2.65. The Bertz CT molecular complexity index is 293. The maximum absolute atomic E-state index is 3.57. The zero-order valence-corrected chi connectivity index (χ0v) is 10.4. The molecule has 2 atom stereocenters. The standard InChI is InChI=1S/C14H23N/c1-5-11(3)12(4)15-14-9-7-8-13(6-2)10-14/h7-12,15H,5-6H2,1-4H3. The molecule has 1 heteroatoms. The minimum absolute atomic E-state index is 0.544. The fraction of sp³-hybridized carbons (Fsp3) is 0.571. The largest absolute Gasteiger partial charge is 0.382 e. The van der Waals surface area contributed by atoms with Gasteiger partial charge < -0.3 is 5.32 Å². The predicted octanol–water partition coefficient (Wildman–Crippen LogP) is 4.10. The summed E-state index contributed by atoms with van der Waals surface area (Å²) in [4.78, 5) is 0. The third-order valence-electron chi connectivity index (χ3n) is 3.23. The van der Waals surface area contributed by atoms with Crippen LogP contribution in [0.15, 0.2) is 24.3 Å². The van der Waals surface area contributed by atoms with Gasteiger partial charge in [0.2, 0.25) is 0 Å². The van der Waals surface area contributed by atoms with Crippen LogP contribution in [0.2, 0.25) is 0 Å². The van der Waals surface area contributed by atoms with Crippen LogP contribution in [0.4, 0.5) is 5.69 Å². The first-order valence-corrected chi connectivity index (χ1v) is 6.02. The van der Waals surface area contributed by atoms with Gasteiger partial charge in [0, 0.05) is 11.7 Å². The molecule has 0 radical (unpaired) electrons. The number of benzene rings is 1. The lowest BCUT2D eigenvalue weighted by molar-refractivity contribution is 0.494. The normalized spacial score (nSPS) is 14.7. The SMILES string of the molecule is CCc1cccc(NC(C)C(C)CC)c1. The fourth-order valence-corrected chi connectivity index (χ4v) is 1.64. The summed E-state index contributed by atoms with van der Waals surface area (Å²) in [7, 11) is 0. The molecule has 0 fully saturated rings.